The van der Waals surface area contributed by atoms with E-state index >= 15 is 0 Å². The van der Waals surface area contributed by atoms with Crippen LogP contribution in [0.3, 0.4) is 0 Å². The van der Waals surface area contributed by atoms with Crippen molar-refractivity contribution >= 4 is 22.6 Å². The van der Waals surface area contributed by atoms with Gasteiger partial charge in [-0.05, 0) is 54.9 Å². The van der Waals surface area contributed by atoms with E-state index in [0.717, 1.165) is 53.2 Å². The van der Waals surface area contributed by atoms with Gasteiger partial charge in [0.15, 0.2) is 0 Å². The van der Waals surface area contributed by atoms with Crippen LogP contribution in [0.15, 0.2) is 48.7 Å². The van der Waals surface area contributed by atoms with E-state index in [1.807, 2.05) is 31.2 Å². The molecule has 3 aromatic rings. The lowest BCUT2D eigenvalue weighted by atomic mass is 9.58. The standard InChI is InChI=1S/C26H28N2O4/c1-4-32-26(29)19-13-27-25-18(8-7-11-22(25)31-3)24(19)23-16-12-17(23)15-28(14-16)20-9-5-6-10-21(20)30-2/h5-11,13,16-17,23H,4,12,14-15H2,1-3H3. The molecule has 2 aliphatic heterocycles. The summed E-state index contributed by atoms with van der Waals surface area (Å²) in [5, 5.41) is 0.986. The zero-order valence-electron chi connectivity index (χ0n) is 18.7. The van der Waals surface area contributed by atoms with Crippen LogP contribution < -0.4 is 14.4 Å². The zero-order valence-corrected chi connectivity index (χ0v) is 18.7. The van der Waals surface area contributed by atoms with Gasteiger partial charge in [0.05, 0.1) is 32.1 Å². The van der Waals surface area contributed by atoms with Gasteiger partial charge >= 0.3 is 5.97 Å². The van der Waals surface area contributed by atoms with E-state index in [2.05, 4.69) is 28.1 Å². The van der Waals surface area contributed by atoms with Gasteiger partial charge in [0.1, 0.15) is 17.0 Å². The SMILES string of the molecule is CCOC(=O)c1cnc2c(OC)cccc2c1C1C2CC1CN(c1ccccc1OC)C2. The maximum atomic E-state index is 12.9. The summed E-state index contributed by atoms with van der Waals surface area (Å²) in [6.07, 6.45) is 2.83. The van der Waals surface area contributed by atoms with Crippen LogP contribution in [-0.4, -0.2) is 44.9 Å². The lowest BCUT2D eigenvalue weighted by Gasteiger charge is -2.55. The first-order chi connectivity index (χ1) is 15.7. The number of carbonyl (C=O) groups is 1. The van der Waals surface area contributed by atoms with E-state index in [9.17, 15) is 4.79 Å². The molecule has 3 aliphatic rings. The number of anilines is 1. The summed E-state index contributed by atoms with van der Waals surface area (Å²) in [6.45, 7) is 4.03. The first-order valence-corrected chi connectivity index (χ1v) is 11.2. The van der Waals surface area contributed by atoms with Crippen molar-refractivity contribution < 1.29 is 19.0 Å². The molecule has 2 atom stereocenters. The minimum atomic E-state index is -0.300. The van der Waals surface area contributed by atoms with Gasteiger partial charge in [-0.15, -0.1) is 0 Å². The Labute approximate surface area is 188 Å². The maximum absolute atomic E-state index is 12.9. The largest absolute Gasteiger partial charge is 0.495 e. The van der Waals surface area contributed by atoms with Crippen LogP contribution in [0.25, 0.3) is 10.9 Å². The van der Waals surface area contributed by atoms with Gasteiger partial charge in [-0.1, -0.05) is 24.3 Å². The molecule has 0 spiro atoms. The number of benzene rings is 2. The highest BCUT2D eigenvalue weighted by Crippen LogP contribution is 2.55. The highest BCUT2D eigenvalue weighted by atomic mass is 16.5. The number of piperidine rings is 2. The molecule has 1 aromatic heterocycles. The molecule has 3 fully saturated rings. The number of rotatable bonds is 6. The molecule has 2 saturated heterocycles. The molecule has 0 radical (unpaired) electrons. The summed E-state index contributed by atoms with van der Waals surface area (Å²) in [5.74, 6) is 2.51. The average Bonchev–Trinajstić information content (AvgIpc) is 2.83. The third kappa shape index (κ3) is 3.25. The summed E-state index contributed by atoms with van der Waals surface area (Å²) < 4.78 is 16.5. The monoisotopic (exact) mass is 432 g/mol. The number of esters is 1. The fraction of sp³-hybridized carbons (Fsp3) is 0.385. The Kier molecular flexibility index (Phi) is 5.37. The molecular formula is C26H28N2O4. The Hall–Kier alpha value is -3.28. The van der Waals surface area contributed by atoms with E-state index in [-0.39, 0.29) is 11.9 Å². The molecule has 3 heterocycles. The van der Waals surface area contributed by atoms with Crippen molar-refractivity contribution in [2.24, 2.45) is 11.8 Å². The van der Waals surface area contributed by atoms with Crippen LogP contribution in [0.2, 0.25) is 0 Å². The first-order valence-electron chi connectivity index (χ1n) is 11.2. The van der Waals surface area contributed by atoms with Gasteiger partial charge < -0.3 is 19.1 Å². The van der Waals surface area contributed by atoms with Crippen molar-refractivity contribution in [2.75, 3.05) is 38.8 Å². The molecule has 6 rings (SSSR count). The smallest absolute Gasteiger partial charge is 0.340 e. The Morgan fingerprint density at radius 3 is 2.47 bits per heavy atom. The second-order valence-electron chi connectivity index (χ2n) is 8.52. The van der Waals surface area contributed by atoms with Crippen LogP contribution in [0.4, 0.5) is 5.69 Å². The second-order valence-corrected chi connectivity index (χ2v) is 8.52. The van der Waals surface area contributed by atoms with Gasteiger partial charge in [0.2, 0.25) is 0 Å². The molecule has 0 amide bonds. The Balaban J connectivity index is 1.55. The van der Waals surface area contributed by atoms with E-state index in [1.54, 1.807) is 20.4 Å². The molecule has 0 N–H and O–H groups in total. The van der Waals surface area contributed by atoms with Gasteiger partial charge in [-0.25, -0.2) is 4.79 Å². The molecule has 6 heteroatoms. The quantitative estimate of drug-likeness (QED) is 0.528. The molecule has 1 aliphatic carbocycles. The first kappa shape index (κ1) is 20.6. The number of pyridine rings is 1. The van der Waals surface area contributed by atoms with E-state index < -0.39 is 0 Å². The minimum absolute atomic E-state index is 0.290. The number of fused-ring (bicyclic) bond motifs is 3. The topological polar surface area (TPSA) is 60.9 Å². The zero-order chi connectivity index (χ0) is 22.2. The van der Waals surface area contributed by atoms with Crippen molar-refractivity contribution in [1.29, 1.82) is 0 Å². The summed E-state index contributed by atoms with van der Waals surface area (Å²) in [6, 6.07) is 14.1. The number of methoxy groups -OCH3 is 2. The summed E-state index contributed by atoms with van der Waals surface area (Å²) in [5.41, 5.74) is 3.57. The van der Waals surface area contributed by atoms with Gasteiger partial charge in [-0.3, -0.25) is 4.98 Å². The number of ether oxygens (including phenoxy) is 3. The molecule has 32 heavy (non-hydrogen) atoms. The van der Waals surface area contributed by atoms with Crippen molar-refractivity contribution in [2.45, 2.75) is 19.3 Å². The number of aromatic nitrogens is 1. The number of hydrogen-bond donors (Lipinski definition) is 0. The molecule has 1 saturated carbocycles. The lowest BCUT2D eigenvalue weighted by Crippen LogP contribution is -2.54. The van der Waals surface area contributed by atoms with E-state index in [1.165, 1.54) is 0 Å². The second kappa shape index (κ2) is 8.34. The van der Waals surface area contributed by atoms with Crippen molar-refractivity contribution in [3.05, 3.63) is 59.8 Å². The fourth-order valence-electron chi connectivity index (χ4n) is 5.56. The maximum Gasteiger partial charge on any atom is 0.340 e. The van der Waals surface area contributed by atoms with Gasteiger partial charge in [0, 0.05) is 24.7 Å². The predicted octanol–water partition coefficient (Wildman–Crippen LogP) is 4.67. The van der Waals surface area contributed by atoms with Gasteiger partial charge in [0.25, 0.3) is 0 Å². The number of hydrogen-bond acceptors (Lipinski definition) is 6. The summed E-state index contributed by atoms with van der Waals surface area (Å²) in [4.78, 5) is 19.9. The van der Waals surface area contributed by atoms with Crippen LogP contribution >= 0.6 is 0 Å². The highest BCUT2D eigenvalue weighted by Gasteiger charge is 2.49. The van der Waals surface area contributed by atoms with E-state index in [4.69, 9.17) is 14.2 Å². The molecule has 2 unspecified atom stereocenters. The normalized spacial score (nSPS) is 21.7. The number of para-hydroxylation sites is 3. The predicted molar refractivity (Wildman–Crippen MR) is 124 cm³/mol. The van der Waals surface area contributed by atoms with Crippen LogP contribution in [0.5, 0.6) is 11.5 Å². The molecule has 2 bridgehead atoms. The van der Waals surface area contributed by atoms with Crippen molar-refractivity contribution in [1.82, 2.24) is 4.98 Å². The van der Waals surface area contributed by atoms with Crippen LogP contribution in [0.1, 0.15) is 35.2 Å². The Morgan fingerprint density at radius 1 is 1.03 bits per heavy atom. The van der Waals surface area contributed by atoms with E-state index in [0.29, 0.717) is 24.0 Å². The number of nitrogens with zero attached hydrogens (tertiary/aromatic N) is 2. The van der Waals surface area contributed by atoms with Crippen molar-refractivity contribution in [3.8, 4) is 11.5 Å². The molecule has 6 nitrogen and oxygen atoms in total. The number of carbonyl (C=O) groups excluding carboxylic acids is 1. The van der Waals surface area contributed by atoms with Crippen LogP contribution in [-0.2, 0) is 4.74 Å². The summed E-state index contributed by atoms with van der Waals surface area (Å²) in [7, 11) is 3.37. The van der Waals surface area contributed by atoms with Crippen LogP contribution in [0, 0.1) is 11.8 Å². The third-order valence-electron chi connectivity index (χ3n) is 6.91. The molecule has 166 valence electrons. The summed E-state index contributed by atoms with van der Waals surface area (Å²) >= 11 is 0. The fourth-order valence-corrected chi connectivity index (χ4v) is 5.56. The highest BCUT2D eigenvalue weighted by molar-refractivity contribution is 5.99. The Bertz CT molecular complexity index is 1150. The lowest BCUT2D eigenvalue weighted by molar-refractivity contribution is 0.0516. The molecule has 2 aromatic carbocycles. The minimum Gasteiger partial charge on any atom is -0.495 e. The molecular weight excluding hydrogens is 404 g/mol. The van der Waals surface area contributed by atoms with Gasteiger partial charge in [-0.2, -0.15) is 0 Å². The average molecular weight is 433 g/mol. The third-order valence-corrected chi connectivity index (χ3v) is 6.91. The Morgan fingerprint density at radius 2 is 1.75 bits per heavy atom. The van der Waals surface area contributed by atoms with Crippen molar-refractivity contribution in [3.63, 3.8) is 0 Å².